The number of nitrogens with zero attached hydrogens (tertiary/aromatic N) is 2. The minimum Gasteiger partial charge on any atom is -0.257 e. The summed E-state index contributed by atoms with van der Waals surface area (Å²) < 4.78 is 1.85. The van der Waals surface area contributed by atoms with Crippen LogP contribution in [-0.2, 0) is 6.54 Å². The molecule has 0 fully saturated rings. The average Bonchev–Trinajstić information content (AvgIpc) is 2.19. The number of hydrogen-bond donors (Lipinski definition) is 0. The van der Waals surface area contributed by atoms with E-state index in [0.29, 0.717) is 6.54 Å². The van der Waals surface area contributed by atoms with Crippen LogP contribution in [0.3, 0.4) is 0 Å². The molecule has 0 atom stereocenters. The minimum absolute atomic E-state index is 0.570. The molecule has 0 aliphatic heterocycles. The number of hydrogen-bond acceptors (Lipinski definition) is 1. The first-order chi connectivity index (χ1) is 5.16. The third-order valence-corrected chi connectivity index (χ3v) is 1.98. The highest BCUT2D eigenvalue weighted by molar-refractivity contribution is 5.22. The Kier molecular flexibility index (Phi) is 2.00. The maximum atomic E-state index is 5.18. The van der Waals surface area contributed by atoms with Gasteiger partial charge in [-0.3, -0.25) is 4.68 Å². The molecule has 0 unspecified atom stereocenters. The van der Waals surface area contributed by atoms with Gasteiger partial charge in [0.2, 0.25) is 0 Å². The van der Waals surface area contributed by atoms with Crippen LogP contribution in [0.25, 0.3) is 0 Å². The van der Waals surface area contributed by atoms with Crippen LogP contribution in [0.5, 0.6) is 0 Å². The van der Waals surface area contributed by atoms with Gasteiger partial charge in [-0.05, 0) is 26.3 Å². The van der Waals surface area contributed by atoms with Crippen molar-refractivity contribution in [3.8, 4) is 12.3 Å². The predicted molar refractivity (Wildman–Crippen MR) is 45.3 cm³/mol. The Morgan fingerprint density at radius 2 is 2.09 bits per heavy atom. The van der Waals surface area contributed by atoms with Gasteiger partial charge in [-0.15, -0.1) is 6.42 Å². The van der Waals surface area contributed by atoms with Gasteiger partial charge in [0.25, 0.3) is 0 Å². The van der Waals surface area contributed by atoms with E-state index in [9.17, 15) is 0 Å². The second kappa shape index (κ2) is 2.79. The van der Waals surface area contributed by atoms with E-state index in [2.05, 4.69) is 17.9 Å². The molecular weight excluding hydrogens is 136 g/mol. The monoisotopic (exact) mass is 148 g/mol. The fourth-order valence-electron chi connectivity index (χ4n) is 1.03. The Hall–Kier alpha value is -1.23. The normalized spacial score (nSPS) is 9.64. The predicted octanol–water partition coefficient (Wildman–Crippen LogP) is 1.44. The lowest BCUT2D eigenvalue weighted by atomic mass is 10.2. The number of terminal acetylenes is 1. The summed E-state index contributed by atoms with van der Waals surface area (Å²) in [7, 11) is 0. The van der Waals surface area contributed by atoms with E-state index >= 15 is 0 Å². The van der Waals surface area contributed by atoms with Crippen LogP contribution in [0.2, 0.25) is 0 Å². The van der Waals surface area contributed by atoms with Gasteiger partial charge in [-0.1, -0.05) is 5.92 Å². The zero-order valence-corrected chi connectivity index (χ0v) is 7.18. The topological polar surface area (TPSA) is 17.8 Å². The van der Waals surface area contributed by atoms with Crippen LogP contribution in [0.4, 0.5) is 0 Å². The summed E-state index contributed by atoms with van der Waals surface area (Å²) >= 11 is 0. The summed E-state index contributed by atoms with van der Waals surface area (Å²) in [6.07, 6.45) is 5.18. The molecule has 0 amide bonds. The van der Waals surface area contributed by atoms with E-state index in [1.165, 1.54) is 11.3 Å². The van der Waals surface area contributed by atoms with Crippen LogP contribution < -0.4 is 0 Å². The first-order valence-corrected chi connectivity index (χ1v) is 3.61. The van der Waals surface area contributed by atoms with Crippen molar-refractivity contribution >= 4 is 0 Å². The van der Waals surface area contributed by atoms with Gasteiger partial charge in [0.1, 0.15) is 6.54 Å². The highest BCUT2D eigenvalue weighted by atomic mass is 15.3. The van der Waals surface area contributed by atoms with E-state index in [1.54, 1.807) is 0 Å². The van der Waals surface area contributed by atoms with Crippen molar-refractivity contribution in [2.45, 2.75) is 27.3 Å². The highest BCUT2D eigenvalue weighted by Crippen LogP contribution is 2.09. The number of aryl methyl sites for hydroxylation is 1. The van der Waals surface area contributed by atoms with Crippen LogP contribution in [0, 0.1) is 33.1 Å². The molecule has 0 N–H and O–H groups in total. The van der Waals surface area contributed by atoms with Crippen molar-refractivity contribution in [3.63, 3.8) is 0 Å². The molecule has 0 aliphatic rings. The summed E-state index contributed by atoms with van der Waals surface area (Å²) in [5.74, 6) is 2.57. The number of rotatable bonds is 1. The Balaban J connectivity index is 3.10. The summed E-state index contributed by atoms with van der Waals surface area (Å²) in [6, 6.07) is 0. The lowest BCUT2D eigenvalue weighted by Gasteiger charge is -1.96. The molecule has 11 heavy (non-hydrogen) atoms. The number of aromatic nitrogens is 2. The molecule has 0 radical (unpaired) electrons. The van der Waals surface area contributed by atoms with Crippen LogP contribution in [0.15, 0.2) is 0 Å². The molecule has 2 nitrogen and oxygen atoms in total. The molecule has 1 aromatic heterocycles. The van der Waals surface area contributed by atoms with E-state index < -0.39 is 0 Å². The SMILES string of the molecule is C#CCn1nc(C)c(C)c1C. The lowest BCUT2D eigenvalue weighted by Crippen LogP contribution is -2.00. The second-order valence-corrected chi connectivity index (χ2v) is 2.66. The summed E-state index contributed by atoms with van der Waals surface area (Å²) in [5, 5.41) is 4.27. The largest absolute Gasteiger partial charge is 0.257 e. The van der Waals surface area contributed by atoms with Gasteiger partial charge in [0, 0.05) is 5.69 Å². The van der Waals surface area contributed by atoms with Crippen molar-refractivity contribution in [2.75, 3.05) is 0 Å². The van der Waals surface area contributed by atoms with Gasteiger partial charge in [-0.25, -0.2) is 0 Å². The Morgan fingerprint density at radius 3 is 2.45 bits per heavy atom. The molecule has 1 aromatic rings. The molecular formula is C9H12N2. The molecule has 0 bridgehead atoms. The van der Waals surface area contributed by atoms with E-state index in [0.717, 1.165) is 5.69 Å². The van der Waals surface area contributed by atoms with Crippen molar-refractivity contribution in [3.05, 3.63) is 17.0 Å². The lowest BCUT2D eigenvalue weighted by molar-refractivity contribution is 0.684. The van der Waals surface area contributed by atoms with Crippen LogP contribution in [0.1, 0.15) is 17.0 Å². The van der Waals surface area contributed by atoms with Gasteiger partial charge < -0.3 is 0 Å². The minimum atomic E-state index is 0.570. The summed E-state index contributed by atoms with van der Waals surface area (Å²) in [6.45, 7) is 6.66. The van der Waals surface area contributed by atoms with Crippen molar-refractivity contribution in [1.29, 1.82) is 0 Å². The Morgan fingerprint density at radius 1 is 1.45 bits per heavy atom. The van der Waals surface area contributed by atoms with Gasteiger partial charge in [0.05, 0.1) is 5.69 Å². The second-order valence-electron chi connectivity index (χ2n) is 2.66. The standard InChI is InChI=1S/C9H12N2/c1-5-6-11-9(4)7(2)8(3)10-11/h1H,6H2,2-4H3. The molecule has 0 aromatic carbocycles. The molecule has 1 rings (SSSR count). The Bertz CT molecular complexity index is 302. The van der Waals surface area contributed by atoms with Gasteiger partial charge in [-0.2, -0.15) is 5.10 Å². The van der Waals surface area contributed by atoms with E-state index in [1.807, 2.05) is 18.5 Å². The Labute approximate surface area is 67.2 Å². The van der Waals surface area contributed by atoms with Crippen molar-refractivity contribution < 1.29 is 0 Å². The van der Waals surface area contributed by atoms with Gasteiger partial charge in [0.15, 0.2) is 0 Å². The maximum Gasteiger partial charge on any atom is 0.102 e. The molecule has 0 saturated heterocycles. The molecule has 0 saturated carbocycles. The molecule has 0 spiro atoms. The van der Waals surface area contributed by atoms with Crippen molar-refractivity contribution in [1.82, 2.24) is 9.78 Å². The smallest absolute Gasteiger partial charge is 0.102 e. The zero-order valence-electron chi connectivity index (χ0n) is 7.18. The first-order valence-electron chi connectivity index (χ1n) is 3.61. The van der Waals surface area contributed by atoms with Crippen LogP contribution in [-0.4, -0.2) is 9.78 Å². The fraction of sp³-hybridized carbons (Fsp3) is 0.444. The summed E-state index contributed by atoms with van der Waals surface area (Å²) in [4.78, 5) is 0. The fourth-order valence-corrected chi connectivity index (χ4v) is 1.03. The van der Waals surface area contributed by atoms with E-state index in [-0.39, 0.29) is 0 Å². The van der Waals surface area contributed by atoms with Crippen molar-refractivity contribution in [2.24, 2.45) is 0 Å². The molecule has 0 aliphatic carbocycles. The average molecular weight is 148 g/mol. The molecule has 1 heterocycles. The van der Waals surface area contributed by atoms with Gasteiger partial charge >= 0.3 is 0 Å². The van der Waals surface area contributed by atoms with Crippen LogP contribution >= 0.6 is 0 Å². The third kappa shape index (κ3) is 1.27. The highest BCUT2D eigenvalue weighted by Gasteiger charge is 2.04. The summed E-state index contributed by atoms with van der Waals surface area (Å²) in [5.41, 5.74) is 3.47. The molecule has 58 valence electrons. The third-order valence-electron chi connectivity index (χ3n) is 1.98. The zero-order chi connectivity index (χ0) is 8.43. The maximum absolute atomic E-state index is 5.18. The quantitative estimate of drug-likeness (QED) is 0.551. The first kappa shape index (κ1) is 7.87. The molecule has 2 heteroatoms. The van der Waals surface area contributed by atoms with E-state index in [4.69, 9.17) is 6.42 Å².